The van der Waals surface area contributed by atoms with E-state index in [9.17, 15) is 18.4 Å². The van der Waals surface area contributed by atoms with Crippen LogP contribution in [-0.4, -0.2) is 35.0 Å². The fourth-order valence-electron chi connectivity index (χ4n) is 2.21. The van der Waals surface area contributed by atoms with Crippen LogP contribution in [0.15, 0.2) is 12.1 Å². The number of nitrogens with zero attached hydrogens (tertiary/aromatic N) is 1. The number of benzene rings is 1. The Kier molecular flexibility index (Phi) is 3.74. The van der Waals surface area contributed by atoms with E-state index in [2.05, 4.69) is 0 Å². The average molecular weight is 283 g/mol. The third-order valence-electron chi connectivity index (χ3n) is 3.79. The van der Waals surface area contributed by atoms with E-state index < -0.39 is 35.0 Å². The molecular weight excluding hydrogens is 268 g/mol. The van der Waals surface area contributed by atoms with Gasteiger partial charge < -0.3 is 10.0 Å². The average Bonchev–Trinajstić information content (AvgIpc) is 2.32. The van der Waals surface area contributed by atoms with Gasteiger partial charge in [-0.3, -0.25) is 9.59 Å². The molecular formula is C14H15F2NO3. The predicted molar refractivity (Wildman–Crippen MR) is 67.3 cm³/mol. The molecule has 0 saturated carbocycles. The van der Waals surface area contributed by atoms with Crippen molar-refractivity contribution in [2.24, 2.45) is 11.8 Å². The van der Waals surface area contributed by atoms with Crippen LogP contribution >= 0.6 is 0 Å². The highest BCUT2D eigenvalue weighted by molar-refractivity contribution is 5.95. The van der Waals surface area contributed by atoms with Crippen molar-refractivity contribution in [1.29, 1.82) is 0 Å². The number of aliphatic carboxylic acids is 1. The van der Waals surface area contributed by atoms with E-state index in [-0.39, 0.29) is 24.6 Å². The zero-order chi connectivity index (χ0) is 15.0. The van der Waals surface area contributed by atoms with Crippen LogP contribution in [0.2, 0.25) is 0 Å². The van der Waals surface area contributed by atoms with Gasteiger partial charge >= 0.3 is 5.97 Å². The van der Waals surface area contributed by atoms with E-state index in [1.165, 1.54) is 17.9 Å². The van der Waals surface area contributed by atoms with Gasteiger partial charge in [0.1, 0.15) is 17.2 Å². The molecule has 0 spiro atoms. The smallest absolute Gasteiger partial charge is 0.306 e. The lowest BCUT2D eigenvalue weighted by Crippen LogP contribution is -2.53. The summed E-state index contributed by atoms with van der Waals surface area (Å²) < 4.78 is 27.4. The third kappa shape index (κ3) is 2.37. The highest BCUT2D eigenvalue weighted by atomic mass is 19.1. The molecule has 1 atom stereocenters. The van der Waals surface area contributed by atoms with Gasteiger partial charge in [-0.05, 0) is 18.6 Å². The molecule has 1 amide bonds. The van der Waals surface area contributed by atoms with Gasteiger partial charge in [0.2, 0.25) is 0 Å². The molecule has 1 aliphatic rings. The minimum absolute atomic E-state index is 0.174. The summed E-state index contributed by atoms with van der Waals surface area (Å²) in [6.45, 7) is 3.43. The first-order valence-corrected chi connectivity index (χ1v) is 6.29. The highest BCUT2D eigenvalue weighted by Gasteiger charge is 2.38. The molecule has 20 heavy (non-hydrogen) atoms. The van der Waals surface area contributed by atoms with E-state index in [0.29, 0.717) is 0 Å². The van der Waals surface area contributed by atoms with Gasteiger partial charge in [-0.25, -0.2) is 8.78 Å². The van der Waals surface area contributed by atoms with Gasteiger partial charge in [0, 0.05) is 19.0 Å². The molecule has 1 saturated heterocycles. The lowest BCUT2D eigenvalue weighted by Gasteiger charge is -2.41. The normalized spacial score (nSPS) is 16.7. The molecule has 1 heterocycles. The van der Waals surface area contributed by atoms with Crippen LogP contribution in [0.3, 0.4) is 0 Å². The van der Waals surface area contributed by atoms with E-state index in [4.69, 9.17) is 5.11 Å². The molecule has 0 radical (unpaired) electrons. The lowest BCUT2D eigenvalue weighted by molar-refractivity contribution is -0.144. The fraction of sp³-hybridized carbons (Fsp3) is 0.429. The Labute approximate surface area is 115 Å². The first-order chi connectivity index (χ1) is 9.32. The number of carboxylic acids is 1. The van der Waals surface area contributed by atoms with Crippen molar-refractivity contribution in [3.63, 3.8) is 0 Å². The first kappa shape index (κ1) is 14.4. The molecule has 0 aliphatic carbocycles. The molecule has 108 valence electrons. The summed E-state index contributed by atoms with van der Waals surface area (Å²) >= 11 is 0. The molecule has 1 aromatic carbocycles. The Morgan fingerprint density at radius 1 is 1.35 bits per heavy atom. The quantitative estimate of drug-likeness (QED) is 0.923. The summed E-state index contributed by atoms with van der Waals surface area (Å²) in [4.78, 5) is 24.1. The van der Waals surface area contributed by atoms with Crippen molar-refractivity contribution in [1.82, 2.24) is 4.90 Å². The van der Waals surface area contributed by atoms with Crippen LogP contribution in [0.1, 0.15) is 22.8 Å². The summed E-state index contributed by atoms with van der Waals surface area (Å²) in [7, 11) is 0. The van der Waals surface area contributed by atoms with E-state index in [1.807, 2.05) is 0 Å². The van der Waals surface area contributed by atoms with Crippen molar-refractivity contribution in [3.05, 3.63) is 34.9 Å². The predicted octanol–water partition coefficient (Wildman–Crippen LogP) is 2.07. The number of hydrogen-bond acceptors (Lipinski definition) is 2. The molecule has 1 aromatic rings. The van der Waals surface area contributed by atoms with Crippen molar-refractivity contribution >= 4 is 11.9 Å². The summed E-state index contributed by atoms with van der Waals surface area (Å²) in [6, 6.07) is 2.33. The van der Waals surface area contributed by atoms with E-state index >= 15 is 0 Å². The fourth-order valence-corrected chi connectivity index (χ4v) is 2.21. The number of likely N-dealkylation sites (tertiary alicyclic amines) is 1. The highest BCUT2D eigenvalue weighted by Crippen LogP contribution is 2.27. The second-order valence-electron chi connectivity index (χ2n) is 5.15. The van der Waals surface area contributed by atoms with Crippen LogP contribution in [-0.2, 0) is 4.79 Å². The van der Waals surface area contributed by atoms with Gasteiger partial charge in [-0.1, -0.05) is 13.0 Å². The van der Waals surface area contributed by atoms with Crippen LogP contribution in [0.5, 0.6) is 0 Å². The molecule has 6 heteroatoms. The Morgan fingerprint density at radius 2 is 1.95 bits per heavy atom. The maximum atomic E-state index is 13.8. The van der Waals surface area contributed by atoms with Crippen molar-refractivity contribution < 1.29 is 23.5 Å². The monoisotopic (exact) mass is 283 g/mol. The molecule has 1 aliphatic heterocycles. The standard InChI is InChI=1S/C14H15F2NO3/c1-7-3-4-10(15)11(12(7)16)13(18)17-5-9(6-17)8(2)14(19)20/h3-4,8-9H,5-6H2,1-2H3,(H,19,20). The maximum absolute atomic E-state index is 13.8. The molecule has 1 unspecified atom stereocenters. The minimum atomic E-state index is -0.935. The summed E-state index contributed by atoms with van der Waals surface area (Å²) in [6.07, 6.45) is 0. The Bertz CT molecular complexity index is 568. The van der Waals surface area contributed by atoms with Crippen molar-refractivity contribution in [2.45, 2.75) is 13.8 Å². The number of rotatable bonds is 3. The van der Waals surface area contributed by atoms with Crippen LogP contribution < -0.4 is 0 Å². The number of carboxylic acid groups (broad SMARTS) is 1. The van der Waals surface area contributed by atoms with Crippen molar-refractivity contribution in [3.8, 4) is 0 Å². The van der Waals surface area contributed by atoms with Gasteiger partial charge in [0.25, 0.3) is 5.91 Å². The summed E-state index contributed by atoms with van der Waals surface area (Å²) in [5.74, 6) is -4.16. The van der Waals surface area contributed by atoms with Crippen molar-refractivity contribution in [2.75, 3.05) is 13.1 Å². The molecule has 2 rings (SSSR count). The number of amides is 1. The zero-order valence-corrected chi connectivity index (χ0v) is 11.2. The first-order valence-electron chi connectivity index (χ1n) is 6.29. The van der Waals surface area contributed by atoms with Crippen LogP contribution in [0.25, 0.3) is 0 Å². The molecule has 1 fully saturated rings. The number of aryl methyl sites for hydroxylation is 1. The SMILES string of the molecule is Cc1ccc(F)c(C(=O)N2CC(C(C)C(=O)O)C2)c1F. The molecule has 0 bridgehead atoms. The number of halogens is 2. The minimum Gasteiger partial charge on any atom is -0.481 e. The second-order valence-corrected chi connectivity index (χ2v) is 5.15. The van der Waals surface area contributed by atoms with Gasteiger partial charge in [-0.2, -0.15) is 0 Å². The van der Waals surface area contributed by atoms with E-state index in [1.54, 1.807) is 6.92 Å². The molecule has 1 N–H and O–H groups in total. The largest absolute Gasteiger partial charge is 0.481 e. The van der Waals surface area contributed by atoms with Crippen LogP contribution in [0.4, 0.5) is 8.78 Å². The lowest BCUT2D eigenvalue weighted by atomic mass is 9.86. The number of carbonyl (C=O) groups excluding carboxylic acids is 1. The van der Waals surface area contributed by atoms with E-state index in [0.717, 1.165) is 6.07 Å². The molecule has 0 aromatic heterocycles. The number of carbonyl (C=O) groups is 2. The maximum Gasteiger partial charge on any atom is 0.306 e. The summed E-state index contributed by atoms with van der Waals surface area (Å²) in [5.41, 5.74) is -0.364. The van der Waals surface area contributed by atoms with Gasteiger partial charge in [0.15, 0.2) is 0 Å². The Hall–Kier alpha value is -1.98. The van der Waals surface area contributed by atoms with Gasteiger partial charge in [-0.15, -0.1) is 0 Å². The third-order valence-corrected chi connectivity index (χ3v) is 3.79. The Morgan fingerprint density at radius 3 is 2.50 bits per heavy atom. The van der Waals surface area contributed by atoms with Crippen LogP contribution in [0, 0.1) is 30.4 Å². The molecule has 4 nitrogen and oxygen atoms in total. The summed E-state index contributed by atoms with van der Waals surface area (Å²) in [5, 5.41) is 8.86. The Balaban J connectivity index is 2.12. The second kappa shape index (κ2) is 5.19. The van der Waals surface area contributed by atoms with Gasteiger partial charge in [0.05, 0.1) is 5.92 Å². The number of hydrogen-bond donors (Lipinski definition) is 1. The topological polar surface area (TPSA) is 57.6 Å². The zero-order valence-electron chi connectivity index (χ0n) is 11.2.